The fraction of sp³-hybridized carbons (Fsp3) is 0.360. The van der Waals surface area contributed by atoms with Crippen LogP contribution in [0.2, 0.25) is 0 Å². The van der Waals surface area contributed by atoms with Gasteiger partial charge >= 0.3 is 0 Å². The number of benzene rings is 2. The van der Waals surface area contributed by atoms with E-state index in [1.807, 2.05) is 67.3 Å². The number of rotatable bonds is 3. The van der Waals surface area contributed by atoms with Crippen LogP contribution in [0.4, 0.5) is 0 Å². The number of hydrogen-bond acceptors (Lipinski definition) is 5. The van der Waals surface area contributed by atoms with Gasteiger partial charge < -0.3 is 14.5 Å². The maximum Gasteiger partial charge on any atom is 0.276 e. The summed E-state index contributed by atoms with van der Waals surface area (Å²) in [6.45, 7) is 6.67. The van der Waals surface area contributed by atoms with Crippen LogP contribution in [-0.4, -0.2) is 62.8 Å². The zero-order chi connectivity index (χ0) is 22.9. The monoisotopic (exact) mass is 445 g/mol. The van der Waals surface area contributed by atoms with E-state index >= 15 is 0 Å². The summed E-state index contributed by atoms with van der Waals surface area (Å²) in [7, 11) is 0. The third-order valence-corrected chi connectivity index (χ3v) is 6.45. The lowest BCUT2D eigenvalue weighted by atomic mass is 10.0. The minimum Gasteiger partial charge on any atom is -0.365 e. The first-order valence-corrected chi connectivity index (χ1v) is 11.3. The molecular formula is C25H27N5O3. The van der Waals surface area contributed by atoms with E-state index in [4.69, 9.17) is 4.74 Å². The van der Waals surface area contributed by atoms with Crippen LogP contribution in [0.5, 0.6) is 0 Å². The van der Waals surface area contributed by atoms with Crippen LogP contribution in [0.3, 0.4) is 0 Å². The highest BCUT2D eigenvalue weighted by Gasteiger charge is 2.32. The smallest absolute Gasteiger partial charge is 0.276 e. The molecule has 0 radical (unpaired) electrons. The molecule has 8 heteroatoms. The average Bonchev–Trinajstić information content (AvgIpc) is 3.28. The lowest BCUT2D eigenvalue weighted by Gasteiger charge is -2.35. The molecule has 2 aliphatic rings. The highest BCUT2D eigenvalue weighted by Crippen LogP contribution is 2.27. The van der Waals surface area contributed by atoms with Crippen LogP contribution in [0.15, 0.2) is 48.5 Å². The van der Waals surface area contributed by atoms with Gasteiger partial charge in [0.15, 0.2) is 5.69 Å². The number of ether oxygens (including phenoxy) is 1. The Morgan fingerprint density at radius 2 is 1.64 bits per heavy atom. The predicted octanol–water partition coefficient (Wildman–Crippen LogP) is 2.76. The van der Waals surface area contributed by atoms with Crippen LogP contribution >= 0.6 is 0 Å². The summed E-state index contributed by atoms with van der Waals surface area (Å²) < 4.78 is 7.79. The van der Waals surface area contributed by atoms with Crippen LogP contribution in [0, 0.1) is 13.8 Å². The Morgan fingerprint density at radius 1 is 0.939 bits per heavy atom. The molecule has 0 saturated carbocycles. The Labute approximate surface area is 192 Å². The molecule has 1 atom stereocenters. The Bertz CT molecular complexity index is 1180. The highest BCUT2D eigenvalue weighted by atomic mass is 16.5. The quantitative estimate of drug-likeness (QED) is 0.619. The molecule has 1 aromatic heterocycles. The van der Waals surface area contributed by atoms with Crippen molar-refractivity contribution in [3.8, 4) is 0 Å². The van der Waals surface area contributed by atoms with Crippen molar-refractivity contribution in [2.24, 2.45) is 0 Å². The zero-order valence-electron chi connectivity index (χ0n) is 18.9. The van der Waals surface area contributed by atoms with Gasteiger partial charge in [-0.3, -0.25) is 9.59 Å². The highest BCUT2D eigenvalue weighted by molar-refractivity contribution is 5.96. The molecule has 3 heterocycles. The van der Waals surface area contributed by atoms with Gasteiger partial charge in [-0.15, -0.1) is 5.10 Å². The molecule has 0 bridgehead atoms. The summed E-state index contributed by atoms with van der Waals surface area (Å²) in [6, 6.07) is 15.9. The van der Waals surface area contributed by atoms with E-state index in [-0.39, 0.29) is 17.9 Å². The number of hydrogen-bond donors (Lipinski definition) is 0. The van der Waals surface area contributed by atoms with Gasteiger partial charge in [0.2, 0.25) is 0 Å². The molecule has 2 aliphatic heterocycles. The number of aromatic nitrogens is 3. The molecular weight excluding hydrogens is 418 g/mol. The number of aryl methyl sites for hydroxylation is 2. The van der Waals surface area contributed by atoms with Gasteiger partial charge in [0, 0.05) is 31.7 Å². The zero-order valence-corrected chi connectivity index (χ0v) is 18.9. The fourth-order valence-electron chi connectivity index (χ4n) is 4.45. The van der Waals surface area contributed by atoms with Crippen molar-refractivity contribution in [3.05, 3.63) is 82.2 Å². The van der Waals surface area contributed by atoms with Crippen molar-refractivity contribution in [2.45, 2.75) is 33.1 Å². The molecule has 5 rings (SSSR count). The van der Waals surface area contributed by atoms with Gasteiger partial charge in [-0.2, -0.15) is 0 Å². The summed E-state index contributed by atoms with van der Waals surface area (Å²) in [6.07, 6.45) is -0.108. The van der Waals surface area contributed by atoms with Crippen LogP contribution < -0.4 is 0 Å². The van der Waals surface area contributed by atoms with E-state index < -0.39 is 0 Å². The summed E-state index contributed by atoms with van der Waals surface area (Å²) in [4.78, 5) is 29.7. The summed E-state index contributed by atoms with van der Waals surface area (Å²) >= 11 is 0. The van der Waals surface area contributed by atoms with Gasteiger partial charge in [0.1, 0.15) is 6.10 Å². The first-order valence-electron chi connectivity index (χ1n) is 11.3. The maximum atomic E-state index is 13.2. The summed E-state index contributed by atoms with van der Waals surface area (Å²) in [5.41, 5.74) is 4.89. The molecule has 33 heavy (non-hydrogen) atoms. The third kappa shape index (κ3) is 4.14. The second-order valence-corrected chi connectivity index (χ2v) is 8.68. The first kappa shape index (κ1) is 21.3. The van der Waals surface area contributed by atoms with E-state index in [1.54, 1.807) is 9.58 Å². The Morgan fingerprint density at radius 3 is 2.36 bits per heavy atom. The molecule has 3 aromatic rings. The van der Waals surface area contributed by atoms with Gasteiger partial charge in [0.25, 0.3) is 11.8 Å². The number of carbonyl (C=O) groups excluding carboxylic acids is 2. The molecule has 1 saturated heterocycles. The molecule has 0 spiro atoms. The molecule has 0 N–H and O–H groups in total. The second kappa shape index (κ2) is 8.78. The molecule has 0 aliphatic carbocycles. The number of piperazine rings is 1. The van der Waals surface area contributed by atoms with Gasteiger partial charge in [-0.25, -0.2) is 4.68 Å². The molecule has 1 fully saturated rings. The van der Waals surface area contributed by atoms with Crippen molar-refractivity contribution in [2.75, 3.05) is 26.2 Å². The van der Waals surface area contributed by atoms with Gasteiger partial charge in [-0.05, 0) is 31.0 Å². The number of nitrogens with zero attached hydrogens (tertiary/aromatic N) is 5. The lowest BCUT2D eigenvalue weighted by molar-refractivity contribution is -0.00202. The lowest BCUT2D eigenvalue weighted by Crippen LogP contribution is -2.51. The van der Waals surface area contributed by atoms with E-state index in [0.29, 0.717) is 50.7 Å². The maximum absolute atomic E-state index is 13.2. The third-order valence-electron chi connectivity index (χ3n) is 6.45. The van der Waals surface area contributed by atoms with E-state index in [2.05, 4.69) is 10.3 Å². The minimum atomic E-state index is -0.156. The largest absolute Gasteiger partial charge is 0.365 e. The van der Waals surface area contributed by atoms with E-state index in [1.165, 1.54) is 0 Å². The molecule has 2 aromatic carbocycles. The normalized spacial score (nSPS) is 18.2. The van der Waals surface area contributed by atoms with Crippen molar-refractivity contribution in [1.29, 1.82) is 0 Å². The van der Waals surface area contributed by atoms with Crippen LogP contribution in [0.25, 0.3) is 0 Å². The standard InChI is InChI=1S/C25H27N5O3/c1-17-8-9-18(2)20(14-17)24(31)28-10-12-29(13-11-28)25(32)23-21-16-33-22(15-30(21)27-26-23)19-6-4-3-5-7-19/h3-9,14,22H,10-13,15-16H2,1-2H3/t22-/m1/s1. The first-order chi connectivity index (χ1) is 16.0. The fourth-order valence-corrected chi connectivity index (χ4v) is 4.45. The predicted molar refractivity (Wildman–Crippen MR) is 122 cm³/mol. The molecule has 0 unspecified atom stereocenters. The SMILES string of the molecule is Cc1ccc(C)c(C(=O)N2CCN(C(=O)c3nnn4c3CO[C@@H](c3ccccc3)C4)CC2)c1. The number of fused-ring (bicyclic) bond motifs is 1. The average molecular weight is 446 g/mol. The van der Waals surface area contributed by atoms with Crippen molar-refractivity contribution >= 4 is 11.8 Å². The molecule has 8 nitrogen and oxygen atoms in total. The molecule has 170 valence electrons. The molecule has 2 amide bonds. The van der Waals surface area contributed by atoms with Crippen molar-refractivity contribution in [1.82, 2.24) is 24.8 Å². The Balaban J connectivity index is 1.24. The van der Waals surface area contributed by atoms with Crippen LogP contribution in [0.1, 0.15) is 49.3 Å². The topological polar surface area (TPSA) is 80.6 Å². The van der Waals surface area contributed by atoms with Crippen LogP contribution in [-0.2, 0) is 17.9 Å². The Kier molecular flexibility index (Phi) is 5.68. The van der Waals surface area contributed by atoms with Crippen molar-refractivity contribution < 1.29 is 14.3 Å². The number of amides is 2. The van der Waals surface area contributed by atoms with E-state index in [0.717, 1.165) is 22.3 Å². The Hall–Kier alpha value is -3.52. The van der Waals surface area contributed by atoms with E-state index in [9.17, 15) is 9.59 Å². The summed E-state index contributed by atoms with van der Waals surface area (Å²) in [5, 5.41) is 8.41. The van der Waals surface area contributed by atoms with Gasteiger partial charge in [0.05, 0.1) is 18.8 Å². The van der Waals surface area contributed by atoms with Gasteiger partial charge in [-0.1, -0.05) is 53.2 Å². The number of carbonyl (C=O) groups is 2. The second-order valence-electron chi connectivity index (χ2n) is 8.68. The summed E-state index contributed by atoms with van der Waals surface area (Å²) in [5.74, 6) is -0.137. The van der Waals surface area contributed by atoms with Crippen molar-refractivity contribution in [3.63, 3.8) is 0 Å². The minimum absolute atomic E-state index is 0.0182.